The molecule has 1 fully saturated rings. The number of hydrogen-bond acceptors (Lipinski definition) is 5. The van der Waals surface area contributed by atoms with Gasteiger partial charge >= 0.3 is 6.18 Å². The van der Waals surface area contributed by atoms with E-state index in [0.29, 0.717) is 32.0 Å². The number of rotatable bonds is 5. The molecule has 0 spiro atoms. The number of allylic oxidation sites excluding steroid dienone is 2. The van der Waals surface area contributed by atoms with Crippen molar-refractivity contribution in [1.82, 2.24) is 15.1 Å². The van der Waals surface area contributed by atoms with E-state index in [-0.39, 0.29) is 5.70 Å². The molecule has 1 rings (SSSR count). The number of nitrogens with one attached hydrogen (secondary N) is 1. The summed E-state index contributed by atoms with van der Waals surface area (Å²) < 4.78 is 35.9. The van der Waals surface area contributed by atoms with E-state index in [2.05, 4.69) is 0 Å². The Morgan fingerprint density at radius 2 is 1.73 bits per heavy atom. The van der Waals surface area contributed by atoms with Crippen molar-refractivity contribution < 1.29 is 22.8 Å². The summed E-state index contributed by atoms with van der Waals surface area (Å²) in [5, 5.41) is 1.65. The third-order valence-corrected chi connectivity index (χ3v) is 2.97. The van der Waals surface area contributed by atoms with Crippen molar-refractivity contribution in [1.29, 1.82) is 0 Å². The highest BCUT2D eigenvalue weighted by molar-refractivity contribution is 5.92. The Hall–Kier alpha value is -2.39. The van der Waals surface area contributed by atoms with Gasteiger partial charge in [0, 0.05) is 26.2 Å². The fraction of sp³-hybridized carbons (Fsp3) is 0.500. The molecular formula is C12H18F3N5O2. The van der Waals surface area contributed by atoms with Crippen molar-refractivity contribution in [2.24, 2.45) is 11.5 Å². The maximum atomic E-state index is 12.0. The summed E-state index contributed by atoms with van der Waals surface area (Å²) in [7, 11) is 0. The van der Waals surface area contributed by atoms with Gasteiger partial charge in [-0.3, -0.25) is 9.59 Å². The zero-order chi connectivity index (χ0) is 16.8. The maximum Gasteiger partial charge on any atom is 0.405 e. The lowest BCUT2D eigenvalue weighted by molar-refractivity contribution is -0.136. The van der Waals surface area contributed by atoms with Crippen LogP contribution in [0.3, 0.4) is 0 Å². The van der Waals surface area contributed by atoms with Crippen LogP contribution in [0.4, 0.5) is 13.2 Å². The minimum atomic E-state index is -4.50. The number of hydrogen-bond donors (Lipinski definition) is 3. The van der Waals surface area contributed by atoms with Crippen LogP contribution >= 0.6 is 0 Å². The number of carbonyl (C=O) groups excluding carboxylic acids is 2. The predicted octanol–water partition coefficient (Wildman–Crippen LogP) is -0.918. The lowest BCUT2D eigenvalue weighted by atomic mass is 10.3. The number of carbonyl (C=O) groups is 2. The highest BCUT2D eigenvalue weighted by Crippen LogP contribution is 2.12. The van der Waals surface area contributed by atoms with E-state index in [4.69, 9.17) is 11.5 Å². The zero-order valence-electron chi connectivity index (χ0n) is 11.8. The van der Waals surface area contributed by atoms with Gasteiger partial charge < -0.3 is 26.6 Å². The van der Waals surface area contributed by atoms with Gasteiger partial charge in [0.25, 0.3) is 5.91 Å². The number of nitrogens with zero attached hydrogens (tertiary/aromatic N) is 2. The summed E-state index contributed by atoms with van der Waals surface area (Å²) in [5.74, 6) is -0.704. The average molecular weight is 321 g/mol. The molecule has 1 aliphatic rings. The lowest BCUT2D eigenvalue weighted by Crippen LogP contribution is -2.46. The first kappa shape index (κ1) is 17.7. The molecule has 0 saturated carbocycles. The molecule has 22 heavy (non-hydrogen) atoms. The summed E-state index contributed by atoms with van der Waals surface area (Å²) in [6.45, 7) is 0.629. The summed E-state index contributed by atoms with van der Waals surface area (Å²) in [4.78, 5) is 25.3. The van der Waals surface area contributed by atoms with Gasteiger partial charge in [0.2, 0.25) is 6.41 Å². The van der Waals surface area contributed by atoms with Crippen molar-refractivity contribution in [3.8, 4) is 0 Å². The summed E-state index contributed by atoms with van der Waals surface area (Å²) in [6.07, 6.45) is -1.25. The molecule has 5 N–H and O–H groups in total. The van der Waals surface area contributed by atoms with Crippen molar-refractivity contribution in [2.45, 2.75) is 6.18 Å². The molecule has 0 radical (unpaired) electrons. The van der Waals surface area contributed by atoms with Gasteiger partial charge in [0.15, 0.2) is 0 Å². The highest BCUT2D eigenvalue weighted by Gasteiger charge is 2.27. The molecule has 0 aliphatic carbocycles. The fourth-order valence-electron chi connectivity index (χ4n) is 1.72. The third-order valence-electron chi connectivity index (χ3n) is 2.97. The minimum absolute atomic E-state index is 0.317. The Kier molecular flexibility index (Phi) is 6.08. The van der Waals surface area contributed by atoms with Crippen molar-refractivity contribution in [2.75, 3.05) is 32.7 Å². The zero-order valence-corrected chi connectivity index (χ0v) is 11.8. The fourth-order valence-corrected chi connectivity index (χ4v) is 1.72. The van der Waals surface area contributed by atoms with Crippen molar-refractivity contribution >= 4 is 12.3 Å². The van der Waals surface area contributed by atoms with Gasteiger partial charge in [-0.25, -0.2) is 0 Å². The molecule has 10 heteroatoms. The quantitative estimate of drug-likeness (QED) is 0.345. The first-order chi connectivity index (χ1) is 10.2. The van der Waals surface area contributed by atoms with E-state index in [1.54, 1.807) is 15.1 Å². The van der Waals surface area contributed by atoms with Crippen LogP contribution in [0.2, 0.25) is 0 Å². The summed E-state index contributed by atoms with van der Waals surface area (Å²) in [6, 6.07) is 0. The molecule has 0 aromatic rings. The van der Waals surface area contributed by atoms with Crippen LogP contribution in [-0.2, 0) is 9.59 Å². The van der Waals surface area contributed by atoms with E-state index < -0.39 is 18.6 Å². The van der Waals surface area contributed by atoms with Crippen LogP contribution in [0, 0.1) is 0 Å². The molecule has 7 nitrogen and oxygen atoms in total. The molecule has 124 valence electrons. The number of alkyl halides is 3. The first-order valence-corrected chi connectivity index (χ1v) is 6.45. The second-order valence-electron chi connectivity index (χ2n) is 4.64. The van der Waals surface area contributed by atoms with Crippen LogP contribution in [0.25, 0.3) is 0 Å². The summed E-state index contributed by atoms with van der Waals surface area (Å²) in [5.41, 5.74) is 10.8. The third kappa shape index (κ3) is 5.94. The Labute approximate surface area is 125 Å². The van der Waals surface area contributed by atoms with Crippen molar-refractivity contribution in [3.63, 3.8) is 0 Å². The molecule has 0 aromatic carbocycles. The standard InChI is InChI=1S/C12H18F3N5O2/c13-12(14,15)7-18-11(22)9(16)1-2-10(17)20-5-3-19(8-21)4-6-20/h1-2,8H,3-7,16-17H2,(H,18,22)/b9-1-,10-2+. The normalized spacial score (nSPS) is 17.4. The van der Waals surface area contributed by atoms with Gasteiger partial charge in [-0.2, -0.15) is 13.2 Å². The minimum Gasteiger partial charge on any atom is -0.394 e. The Balaban J connectivity index is 2.53. The van der Waals surface area contributed by atoms with Crippen LogP contribution in [0.1, 0.15) is 0 Å². The Morgan fingerprint density at radius 3 is 2.23 bits per heavy atom. The second kappa shape index (κ2) is 7.57. The predicted molar refractivity (Wildman–Crippen MR) is 72.8 cm³/mol. The lowest BCUT2D eigenvalue weighted by Gasteiger charge is -2.33. The molecule has 0 aromatic heterocycles. The molecular weight excluding hydrogens is 303 g/mol. The van der Waals surface area contributed by atoms with Crippen molar-refractivity contribution in [3.05, 3.63) is 23.7 Å². The molecule has 1 heterocycles. The molecule has 1 aliphatic heterocycles. The van der Waals surface area contributed by atoms with Gasteiger partial charge in [0.1, 0.15) is 6.54 Å². The van der Waals surface area contributed by atoms with E-state index in [9.17, 15) is 22.8 Å². The Morgan fingerprint density at radius 1 is 1.14 bits per heavy atom. The molecule has 0 atom stereocenters. The van der Waals surface area contributed by atoms with E-state index in [0.717, 1.165) is 12.5 Å². The maximum absolute atomic E-state index is 12.0. The van der Waals surface area contributed by atoms with E-state index in [1.165, 1.54) is 6.08 Å². The van der Waals surface area contributed by atoms with Crippen LogP contribution < -0.4 is 16.8 Å². The molecule has 2 amide bonds. The molecule has 0 bridgehead atoms. The van der Waals surface area contributed by atoms with E-state index in [1.807, 2.05) is 0 Å². The number of piperazine rings is 1. The highest BCUT2D eigenvalue weighted by atomic mass is 19.4. The Bertz CT molecular complexity index is 468. The topological polar surface area (TPSA) is 105 Å². The van der Waals surface area contributed by atoms with Gasteiger partial charge in [-0.05, 0) is 12.2 Å². The van der Waals surface area contributed by atoms with Gasteiger partial charge in [-0.15, -0.1) is 0 Å². The van der Waals surface area contributed by atoms with Crippen LogP contribution in [0.15, 0.2) is 23.7 Å². The molecule has 1 saturated heterocycles. The number of amides is 2. The number of halogens is 3. The van der Waals surface area contributed by atoms with E-state index >= 15 is 0 Å². The molecule has 0 unspecified atom stereocenters. The first-order valence-electron chi connectivity index (χ1n) is 6.45. The van der Waals surface area contributed by atoms with Gasteiger partial charge in [-0.1, -0.05) is 0 Å². The summed E-state index contributed by atoms with van der Waals surface area (Å²) >= 11 is 0. The number of nitrogens with two attached hydrogens (primary N) is 2. The smallest absolute Gasteiger partial charge is 0.394 e. The van der Waals surface area contributed by atoms with Crippen LogP contribution in [-0.4, -0.2) is 61.0 Å². The van der Waals surface area contributed by atoms with Gasteiger partial charge in [0.05, 0.1) is 11.5 Å². The average Bonchev–Trinajstić information content (AvgIpc) is 2.49. The van der Waals surface area contributed by atoms with Crippen LogP contribution in [0.5, 0.6) is 0 Å². The SMILES string of the molecule is N/C(=C\C=C(/N)N1CCN(C=O)CC1)C(=O)NCC(F)(F)F. The largest absolute Gasteiger partial charge is 0.405 e. The monoisotopic (exact) mass is 321 g/mol. The second-order valence-corrected chi connectivity index (χ2v) is 4.64.